The molecule has 1 aromatic rings. The number of hydrogen-bond acceptors (Lipinski definition) is 2. The Morgan fingerprint density at radius 2 is 2.27 bits per heavy atom. The van der Waals surface area contributed by atoms with E-state index in [9.17, 15) is 9.18 Å². The number of aldehydes is 1. The van der Waals surface area contributed by atoms with Crippen molar-refractivity contribution in [3.8, 4) is 5.75 Å². The van der Waals surface area contributed by atoms with Gasteiger partial charge in [0.2, 0.25) is 0 Å². The summed E-state index contributed by atoms with van der Waals surface area (Å²) in [5, 5.41) is 0. The molecule has 0 saturated carbocycles. The fraction of sp³-hybridized carbons (Fsp3) is 0.364. The molecule has 0 aliphatic rings. The average Bonchev–Trinajstić information content (AvgIpc) is 2.22. The quantitative estimate of drug-likeness (QED) is 0.789. The minimum Gasteiger partial charge on any atom is -0.492 e. The third-order valence-corrected chi connectivity index (χ3v) is 3.14. The minimum atomic E-state index is -0.392. The number of benzene rings is 1. The van der Waals surface area contributed by atoms with Crippen molar-refractivity contribution >= 4 is 22.2 Å². The van der Waals surface area contributed by atoms with Crippen LogP contribution in [0.2, 0.25) is 0 Å². The van der Waals surface area contributed by atoms with E-state index in [0.717, 1.165) is 11.8 Å². The monoisotopic (exact) mass is 274 g/mol. The van der Waals surface area contributed by atoms with Gasteiger partial charge in [0.1, 0.15) is 6.29 Å². The van der Waals surface area contributed by atoms with Crippen LogP contribution in [-0.2, 0) is 11.2 Å². The third kappa shape index (κ3) is 2.56. The van der Waals surface area contributed by atoms with Crippen LogP contribution in [0.15, 0.2) is 10.5 Å². The predicted molar refractivity (Wildman–Crippen MR) is 59.8 cm³/mol. The first-order valence-corrected chi connectivity index (χ1v) is 5.36. The van der Waals surface area contributed by atoms with Gasteiger partial charge < -0.3 is 9.53 Å². The average molecular weight is 275 g/mol. The van der Waals surface area contributed by atoms with E-state index in [1.807, 2.05) is 6.92 Å². The third-order valence-electron chi connectivity index (χ3n) is 2.15. The zero-order valence-corrected chi connectivity index (χ0v) is 10.2. The summed E-state index contributed by atoms with van der Waals surface area (Å²) in [6.45, 7) is 1.86. The van der Waals surface area contributed by atoms with Gasteiger partial charge >= 0.3 is 0 Å². The van der Waals surface area contributed by atoms with Crippen LogP contribution in [0.1, 0.15) is 17.5 Å². The molecule has 0 unspecified atom stereocenters. The molecule has 0 bridgehead atoms. The summed E-state index contributed by atoms with van der Waals surface area (Å²) in [6, 6.07) is 1.73. The summed E-state index contributed by atoms with van der Waals surface area (Å²) in [5.41, 5.74) is 1.41. The Balaban J connectivity index is 3.17. The highest BCUT2D eigenvalue weighted by Crippen LogP contribution is 2.33. The van der Waals surface area contributed by atoms with Crippen LogP contribution in [0.3, 0.4) is 0 Å². The second-order valence-electron chi connectivity index (χ2n) is 3.22. The van der Waals surface area contributed by atoms with Gasteiger partial charge in [0.25, 0.3) is 0 Å². The molecule has 0 aliphatic heterocycles. The minimum absolute atomic E-state index is 0.205. The van der Waals surface area contributed by atoms with Crippen LogP contribution in [-0.4, -0.2) is 13.4 Å². The highest BCUT2D eigenvalue weighted by atomic mass is 79.9. The van der Waals surface area contributed by atoms with Crippen LogP contribution in [0.4, 0.5) is 4.39 Å². The molecule has 0 saturated heterocycles. The number of halogens is 2. The lowest BCUT2D eigenvalue weighted by molar-refractivity contribution is -0.107. The molecular weight excluding hydrogens is 263 g/mol. The lowest BCUT2D eigenvalue weighted by Gasteiger charge is -2.11. The standard InChI is InChI=1S/C11H12BrFO2/c1-7-6-8(4-3-5-14)10(13)11(15-2)9(7)12/h5-6H,3-4H2,1-2H3. The summed E-state index contributed by atoms with van der Waals surface area (Å²) in [7, 11) is 1.42. The Labute approximate surface area is 96.6 Å². The van der Waals surface area contributed by atoms with Gasteiger partial charge in [-0.25, -0.2) is 4.39 Å². The van der Waals surface area contributed by atoms with Gasteiger partial charge in [0.15, 0.2) is 11.6 Å². The Morgan fingerprint density at radius 3 is 2.80 bits per heavy atom. The van der Waals surface area contributed by atoms with Crippen molar-refractivity contribution in [2.45, 2.75) is 19.8 Å². The van der Waals surface area contributed by atoms with Crippen molar-refractivity contribution in [2.75, 3.05) is 7.11 Å². The van der Waals surface area contributed by atoms with Crippen molar-refractivity contribution in [3.63, 3.8) is 0 Å². The van der Waals surface area contributed by atoms with Crippen LogP contribution in [0, 0.1) is 12.7 Å². The van der Waals surface area contributed by atoms with E-state index >= 15 is 0 Å². The Kier molecular flexibility index (Phi) is 4.27. The number of methoxy groups -OCH3 is 1. The van der Waals surface area contributed by atoms with E-state index in [1.165, 1.54) is 7.11 Å². The maximum absolute atomic E-state index is 13.8. The zero-order chi connectivity index (χ0) is 11.4. The molecule has 0 fully saturated rings. The smallest absolute Gasteiger partial charge is 0.169 e. The van der Waals surface area contributed by atoms with Gasteiger partial charge in [-0.2, -0.15) is 0 Å². The molecule has 0 amide bonds. The van der Waals surface area contributed by atoms with Crippen LogP contribution < -0.4 is 4.74 Å². The van der Waals surface area contributed by atoms with E-state index in [-0.39, 0.29) is 5.75 Å². The lowest BCUT2D eigenvalue weighted by Crippen LogP contribution is -1.99. The summed E-state index contributed by atoms with van der Waals surface area (Å²) < 4.78 is 19.4. The predicted octanol–water partition coefficient (Wildman–Crippen LogP) is 3.04. The van der Waals surface area contributed by atoms with Gasteiger partial charge in [0, 0.05) is 6.42 Å². The molecule has 0 aliphatic carbocycles. The number of ether oxygens (including phenoxy) is 1. The first kappa shape index (κ1) is 12.2. The molecule has 15 heavy (non-hydrogen) atoms. The summed E-state index contributed by atoms with van der Waals surface area (Å²) in [4.78, 5) is 10.2. The van der Waals surface area contributed by atoms with Crippen molar-refractivity contribution in [1.29, 1.82) is 0 Å². The lowest BCUT2D eigenvalue weighted by atomic mass is 10.1. The van der Waals surface area contributed by atoms with Gasteiger partial charge in [-0.1, -0.05) is 6.07 Å². The fourth-order valence-electron chi connectivity index (χ4n) is 1.38. The highest BCUT2D eigenvalue weighted by molar-refractivity contribution is 9.10. The van der Waals surface area contributed by atoms with Crippen molar-refractivity contribution in [2.24, 2.45) is 0 Å². The zero-order valence-electron chi connectivity index (χ0n) is 8.64. The summed E-state index contributed by atoms with van der Waals surface area (Å²) in [6.07, 6.45) is 1.50. The number of carbonyl (C=O) groups is 1. The summed E-state index contributed by atoms with van der Waals surface area (Å²) in [5.74, 6) is -0.187. The first-order chi connectivity index (χ1) is 7.11. The molecule has 0 heterocycles. The van der Waals surface area contributed by atoms with Gasteiger partial charge in [-0.15, -0.1) is 0 Å². The van der Waals surface area contributed by atoms with Gasteiger partial charge in [-0.05, 0) is 40.4 Å². The molecule has 0 aromatic heterocycles. The van der Waals surface area contributed by atoms with Crippen molar-refractivity contribution in [1.82, 2.24) is 0 Å². The molecule has 0 radical (unpaired) electrons. The second kappa shape index (κ2) is 5.26. The van der Waals surface area contributed by atoms with Crippen LogP contribution in [0.25, 0.3) is 0 Å². The van der Waals surface area contributed by atoms with E-state index < -0.39 is 5.82 Å². The van der Waals surface area contributed by atoms with Crippen molar-refractivity contribution < 1.29 is 13.9 Å². The Morgan fingerprint density at radius 1 is 1.60 bits per heavy atom. The second-order valence-corrected chi connectivity index (χ2v) is 4.01. The molecule has 1 aromatic carbocycles. The Hall–Kier alpha value is -0.900. The number of aryl methyl sites for hydroxylation is 2. The molecule has 82 valence electrons. The molecule has 0 spiro atoms. The van der Waals surface area contributed by atoms with Crippen LogP contribution in [0.5, 0.6) is 5.75 Å². The number of hydrogen-bond donors (Lipinski definition) is 0. The maximum Gasteiger partial charge on any atom is 0.169 e. The van der Waals surface area contributed by atoms with Gasteiger partial charge in [-0.3, -0.25) is 0 Å². The van der Waals surface area contributed by atoms with Gasteiger partial charge in [0.05, 0.1) is 11.6 Å². The van der Waals surface area contributed by atoms with Crippen LogP contribution >= 0.6 is 15.9 Å². The first-order valence-electron chi connectivity index (χ1n) is 4.57. The summed E-state index contributed by atoms with van der Waals surface area (Å²) >= 11 is 3.26. The molecule has 2 nitrogen and oxygen atoms in total. The number of carbonyl (C=O) groups excluding carboxylic acids is 1. The Bertz CT molecular complexity index is 377. The topological polar surface area (TPSA) is 26.3 Å². The molecule has 0 N–H and O–H groups in total. The van der Waals surface area contributed by atoms with E-state index in [1.54, 1.807) is 6.07 Å². The molecule has 0 atom stereocenters. The van der Waals surface area contributed by atoms with E-state index in [4.69, 9.17) is 4.74 Å². The normalized spacial score (nSPS) is 10.1. The van der Waals surface area contributed by atoms with E-state index in [2.05, 4.69) is 15.9 Å². The van der Waals surface area contributed by atoms with E-state index in [0.29, 0.717) is 22.9 Å². The largest absolute Gasteiger partial charge is 0.492 e. The SMILES string of the molecule is COc1c(F)c(CCC=O)cc(C)c1Br. The molecule has 4 heteroatoms. The van der Waals surface area contributed by atoms with Crippen molar-refractivity contribution in [3.05, 3.63) is 27.5 Å². The highest BCUT2D eigenvalue weighted by Gasteiger charge is 2.14. The maximum atomic E-state index is 13.8. The fourth-order valence-corrected chi connectivity index (χ4v) is 1.84. The molecule has 1 rings (SSSR count). The molecular formula is C11H12BrFO2. The number of rotatable bonds is 4.